The zero-order valence-electron chi connectivity index (χ0n) is 11.1. The van der Waals surface area contributed by atoms with Crippen molar-refractivity contribution in [3.63, 3.8) is 0 Å². The van der Waals surface area contributed by atoms with Crippen LogP contribution >= 0.6 is 0 Å². The summed E-state index contributed by atoms with van der Waals surface area (Å²) in [6, 6.07) is 10.3. The van der Waals surface area contributed by atoms with E-state index in [4.69, 9.17) is 9.84 Å². The molecule has 0 fully saturated rings. The first kappa shape index (κ1) is 14.7. The monoisotopic (exact) mass is 250 g/mol. The Labute approximate surface area is 109 Å². The van der Waals surface area contributed by atoms with Gasteiger partial charge in [0.2, 0.25) is 0 Å². The van der Waals surface area contributed by atoms with Crippen molar-refractivity contribution in [3.05, 3.63) is 35.9 Å². The van der Waals surface area contributed by atoms with Gasteiger partial charge in [0.05, 0.1) is 13.0 Å². The molecule has 1 aromatic rings. The summed E-state index contributed by atoms with van der Waals surface area (Å²) in [6.07, 6.45) is 1.06. The lowest BCUT2D eigenvalue weighted by atomic mass is 9.90. The fraction of sp³-hybridized carbons (Fsp3) is 0.533. The number of benzene rings is 1. The molecule has 0 heterocycles. The van der Waals surface area contributed by atoms with Crippen LogP contribution in [0.4, 0.5) is 0 Å². The lowest BCUT2D eigenvalue weighted by Gasteiger charge is -2.20. The van der Waals surface area contributed by atoms with Gasteiger partial charge in [0, 0.05) is 6.61 Å². The summed E-state index contributed by atoms with van der Waals surface area (Å²) in [5, 5.41) is 8.54. The van der Waals surface area contributed by atoms with Crippen LogP contribution in [0, 0.1) is 11.8 Å². The number of hydrogen-bond acceptors (Lipinski definition) is 2. The number of rotatable bonds is 8. The van der Waals surface area contributed by atoms with Crippen LogP contribution in [0.1, 0.15) is 25.8 Å². The van der Waals surface area contributed by atoms with Crippen molar-refractivity contribution < 1.29 is 14.6 Å². The predicted molar refractivity (Wildman–Crippen MR) is 71.5 cm³/mol. The molecule has 1 atom stereocenters. The fourth-order valence-corrected chi connectivity index (χ4v) is 1.80. The Morgan fingerprint density at radius 1 is 1.28 bits per heavy atom. The van der Waals surface area contributed by atoms with Crippen molar-refractivity contribution in [1.29, 1.82) is 0 Å². The van der Waals surface area contributed by atoms with Gasteiger partial charge >= 0.3 is 5.97 Å². The lowest BCUT2D eigenvalue weighted by Crippen LogP contribution is -2.19. The molecule has 3 heteroatoms. The molecule has 0 aliphatic heterocycles. The lowest BCUT2D eigenvalue weighted by molar-refractivity contribution is -0.138. The molecule has 1 aromatic carbocycles. The van der Waals surface area contributed by atoms with E-state index in [1.54, 1.807) is 0 Å². The van der Waals surface area contributed by atoms with E-state index < -0.39 is 5.97 Å². The summed E-state index contributed by atoms with van der Waals surface area (Å²) in [5.74, 6) is 0.149. The van der Waals surface area contributed by atoms with Gasteiger partial charge in [0.1, 0.15) is 0 Å². The molecular formula is C15H22O3. The van der Waals surface area contributed by atoms with Crippen LogP contribution in [0.2, 0.25) is 0 Å². The molecule has 0 saturated heterocycles. The Bertz CT molecular complexity index is 346. The van der Waals surface area contributed by atoms with Crippen molar-refractivity contribution >= 4 is 5.97 Å². The van der Waals surface area contributed by atoms with Gasteiger partial charge in [-0.15, -0.1) is 0 Å². The Hall–Kier alpha value is -1.35. The van der Waals surface area contributed by atoms with E-state index in [0.29, 0.717) is 25.0 Å². The van der Waals surface area contributed by atoms with E-state index in [1.165, 1.54) is 5.56 Å². The molecule has 18 heavy (non-hydrogen) atoms. The normalized spacial score (nSPS) is 12.6. The van der Waals surface area contributed by atoms with Crippen molar-refractivity contribution in [2.24, 2.45) is 11.8 Å². The average molecular weight is 250 g/mol. The third-order valence-corrected chi connectivity index (χ3v) is 3.08. The third kappa shape index (κ3) is 5.82. The maximum absolute atomic E-state index is 10.4. The summed E-state index contributed by atoms with van der Waals surface area (Å²) < 4.78 is 5.46. The summed E-state index contributed by atoms with van der Waals surface area (Å²) in [6.45, 7) is 5.27. The summed E-state index contributed by atoms with van der Waals surface area (Å²) in [5.41, 5.74) is 1.30. The molecule has 100 valence electrons. The standard InChI is InChI=1S/C15H22O3/c1-12(2)14(11-18-9-8-15(16)17)10-13-6-4-3-5-7-13/h3-7,12,14H,8-11H2,1-2H3,(H,16,17). The van der Waals surface area contributed by atoms with Crippen LogP contribution in [0.15, 0.2) is 30.3 Å². The van der Waals surface area contributed by atoms with Gasteiger partial charge in [-0.25, -0.2) is 0 Å². The van der Waals surface area contributed by atoms with E-state index in [2.05, 4.69) is 26.0 Å². The molecular weight excluding hydrogens is 228 g/mol. The Kier molecular flexibility index (Phi) is 6.44. The number of carbonyl (C=O) groups is 1. The van der Waals surface area contributed by atoms with E-state index in [9.17, 15) is 4.79 Å². The summed E-state index contributed by atoms with van der Waals surface area (Å²) in [4.78, 5) is 10.4. The second-order valence-electron chi connectivity index (χ2n) is 4.91. The largest absolute Gasteiger partial charge is 0.481 e. The minimum absolute atomic E-state index is 0.0795. The Morgan fingerprint density at radius 2 is 1.94 bits per heavy atom. The third-order valence-electron chi connectivity index (χ3n) is 3.08. The first-order chi connectivity index (χ1) is 8.59. The Balaban J connectivity index is 2.38. The molecule has 0 spiro atoms. The maximum Gasteiger partial charge on any atom is 0.305 e. The number of ether oxygens (including phenoxy) is 1. The molecule has 1 unspecified atom stereocenters. The van der Waals surface area contributed by atoms with Crippen LogP contribution in [0.3, 0.4) is 0 Å². The van der Waals surface area contributed by atoms with Crippen LogP contribution in [0.5, 0.6) is 0 Å². The smallest absolute Gasteiger partial charge is 0.305 e. The van der Waals surface area contributed by atoms with Gasteiger partial charge in [-0.05, 0) is 23.8 Å². The van der Waals surface area contributed by atoms with Crippen LogP contribution in [-0.4, -0.2) is 24.3 Å². The molecule has 3 nitrogen and oxygen atoms in total. The van der Waals surface area contributed by atoms with Crippen LogP contribution in [0.25, 0.3) is 0 Å². The zero-order chi connectivity index (χ0) is 13.4. The van der Waals surface area contributed by atoms with Crippen molar-refractivity contribution in [1.82, 2.24) is 0 Å². The first-order valence-electron chi connectivity index (χ1n) is 6.43. The second kappa shape index (κ2) is 7.88. The van der Waals surface area contributed by atoms with Gasteiger partial charge < -0.3 is 9.84 Å². The quantitative estimate of drug-likeness (QED) is 0.721. The molecule has 0 aliphatic carbocycles. The SMILES string of the molecule is CC(C)C(COCCC(=O)O)Cc1ccccc1. The Morgan fingerprint density at radius 3 is 2.50 bits per heavy atom. The molecule has 1 N–H and O–H groups in total. The highest BCUT2D eigenvalue weighted by Gasteiger charge is 2.14. The van der Waals surface area contributed by atoms with E-state index in [0.717, 1.165) is 6.42 Å². The molecule has 0 amide bonds. The van der Waals surface area contributed by atoms with Crippen LogP contribution < -0.4 is 0 Å². The van der Waals surface area contributed by atoms with E-state index >= 15 is 0 Å². The zero-order valence-corrected chi connectivity index (χ0v) is 11.1. The predicted octanol–water partition coefficient (Wildman–Crippen LogP) is 2.99. The maximum atomic E-state index is 10.4. The molecule has 0 radical (unpaired) electrons. The highest BCUT2D eigenvalue weighted by molar-refractivity contribution is 5.66. The minimum atomic E-state index is -0.806. The summed E-state index contributed by atoms with van der Waals surface area (Å²) >= 11 is 0. The second-order valence-corrected chi connectivity index (χ2v) is 4.91. The molecule has 0 bridgehead atoms. The van der Waals surface area contributed by atoms with Gasteiger partial charge in [-0.1, -0.05) is 44.2 Å². The topological polar surface area (TPSA) is 46.5 Å². The molecule has 0 aromatic heterocycles. The van der Waals surface area contributed by atoms with Crippen molar-refractivity contribution in [3.8, 4) is 0 Å². The number of hydrogen-bond donors (Lipinski definition) is 1. The number of carboxylic acids is 1. The van der Waals surface area contributed by atoms with Gasteiger partial charge in [0.25, 0.3) is 0 Å². The van der Waals surface area contributed by atoms with Crippen molar-refractivity contribution in [2.45, 2.75) is 26.7 Å². The van der Waals surface area contributed by atoms with Crippen LogP contribution in [-0.2, 0) is 16.0 Å². The average Bonchev–Trinajstić information content (AvgIpc) is 2.33. The minimum Gasteiger partial charge on any atom is -0.481 e. The van der Waals surface area contributed by atoms with Crippen molar-refractivity contribution in [2.75, 3.05) is 13.2 Å². The molecule has 0 aliphatic rings. The first-order valence-corrected chi connectivity index (χ1v) is 6.43. The molecule has 1 rings (SSSR count). The van der Waals surface area contributed by atoms with Gasteiger partial charge in [0.15, 0.2) is 0 Å². The molecule has 0 saturated carbocycles. The highest BCUT2D eigenvalue weighted by atomic mass is 16.5. The number of carboxylic acid groups (broad SMARTS) is 1. The van der Waals surface area contributed by atoms with E-state index in [1.807, 2.05) is 18.2 Å². The number of aliphatic carboxylic acids is 1. The summed E-state index contributed by atoms with van der Waals surface area (Å²) in [7, 11) is 0. The van der Waals surface area contributed by atoms with Gasteiger partial charge in [-0.3, -0.25) is 4.79 Å². The fourth-order valence-electron chi connectivity index (χ4n) is 1.80. The highest BCUT2D eigenvalue weighted by Crippen LogP contribution is 2.17. The van der Waals surface area contributed by atoms with Gasteiger partial charge in [-0.2, -0.15) is 0 Å². The van der Waals surface area contributed by atoms with E-state index in [-0.39, 0.29) is 6.42 Å².